The van der Waals surface area contributed by atoms with E-state index >= 15 is 0 Å². The molecule has 1 amide bonds. The number of hydrogen-bond acceptors (Lipinski definition) is 2. The number of carbonyl (C=O) groups excluding carboxylic acids is 1. The van der Waals surface area contributed by atoms with Crippen molar-refractivity contribution in [2.45, 2.75) is 26.7 Å². The molecule has 0 spiro atoms. The van der Waals surface area contributed by atoms with Crippen molar-refractivity contribution >= 4 is 40.4 Å². The Balaban J connectivity index is 2.82. The Morgan fingerprint density at radius 2 is 2.22 bits per heavy atom. The molecule has 0 heterocycles. The first kappa shape index (κ1) is 14.9. The summed E-state index contributed by atoms with van der Waals surface area (Å²) in [5.74, 6) is -0.641. The second-order valence-corrected chi connectivity index (χ2v) is 5.09. The number of benzene rings is 1. The number of nitrogens with two attached hydrogens (primary N) is 1. The minimum Gasteiger partial charge on any atom is -0.393 e. The Hall–Kier alpha value is -1.13. The van der Waals surface area contributed by atoms with Crippen molar-refractivity contribution in [3.63, 3.8) is 0 Å². The molecule has 0 aliphatic carbocycles. The van der Waals surface area contributed by atoms with Crippen LogP contribution in [0.3, 0.4) is 0 Å². The number of hydrogen-bond donors (Lipinski definition) is 2. The van der Waals surface area contributed by atoms with E-state index < -0.39 is 5.92 Å². The van der Waals surface area contributed by atoms with E-state index in [1.54, 1.807) is 12.1 Å². The number of nitrogens with one attached hydrogen (secondary N) is 1. The van der Waals surface area contributed by atoms with Crippen LogP contribution in [0.25, 0.3) is 0 Å². The molecule has 1 aromatic rings. The zero-order valence-corrected chi connectivity index (χ0v) is 12.1. The van der Waals surface area contributed by atoms with E-state index in [0.717, 1.165) is 12.0 Å². The summed E-state index contributed by atoms with van der Waals surface area (Å²) in [6.07, 6.45) is 1.49. The predicted octanol–water partition coefficient (Wildman–Crippen LogP) is 3.29. The van der Waals surface area contributed by atoms with Crippen LogP contribution in [-0.2, 0) is 4.79 Å². The van der Waals surface area contributed by atoms with Crippen LogP contribution in [0.4, 0.5) is 5.69 Å². The van der Waals surface area contributed by atoms with E-state index in [0.29, 0.717) is 17.1 Å². The molecule has 1 aromatic carbocycles. The molecule has 1 atom stereocenters. The molecule has 0 radical (unpaired) electrons. The molecule has 18 heavy (non-hydrogen) atoms. The summed E-state index contributed by atoms with van der Waals surface area (Å²) in [7, 11) is 0. The van der Waals surface area contributed by atoms with Gasteiger partial charge in [-0.3, -0.25) is 4.79 Å². The third kappa shape index (κ3) is 3.96. The Morgan fingerprint density at radius 1 is 1.56 bits per heavy atom. The molecule has 0 saturated heterocycles. The van der Waals surface area contributed by atoms with Gasteiger partial charge in [0.05, 0.1) is 21.6 Å². The van der Waals surface area contributed by atoms with E-state index in [1.165, 1.54) is 0 Å². The van der Waals surface area contributed by atoms with Gasteiger partial charge in [-0.15, -0.1) is 0 Å². The predicted molar refractivity (Wildman–Crippen MR) is 80.0 cm³/mol. The summed E-state index contributed by atoms with van der Waals surface area (Å²) < 4.78 is 0. The maximum Gasteiger partial charge on any atom is 0.234 e. The molecule has 98 valence electrons. The maximum absolute atomic E-state index is 12.0. The van der Waals surface area contributed by atoms with E-state index in [1.807, 2.05) is 19.9 Å². The van der Waals surface area contributed by atoms with Crippen molar-refractivity contribution in [1.29, 1.82) is 0 Å². The average molecular weight is 285 g/mol. The normalized spacial score (nSPS) is 11.9. The van der Waals surface area contributed by atoms with Crippen molar-refractivity contribution in [1.82, 2.24) is 0 Å². The van der Waals surface area contributed by atoms with Crippen LogP contribution >= 0.6 is 23.8 Å². The molecule has 0 aliphatic heterocycles. The Bertz CT molecular complexity index is 462. The number of thiocarbonyl (C=S) groups is 1. The van der Waals surface area contributed by atoms with E-state index in [4.69, 9.17) is 29.6 Å². The van der Waals surface area contributed by atoms with Gasteiger partial charge < -0.3 is 11.1 Å². The average Bonchev–Trinajstić information content (AvgIpc) is 2.29. The van der Waals surface area contributed by atoms with Gasteiger partial charge in [-0.25, -0.2) is 0 Å². The van der Waals surface area contributed by atoms with Crippen LogP contribution in [0, 0.1) is 12.8 Å². The lowest BCUT2D eigenvalue weighted by molar-refractivity contribution is -0.118. The highest BCUT2D eigenvalue weighted by Gasteiger charge is 2.21. The van der Waals surface area contributed by atoms with Gasteiger partial charge in [-0.05, 0) is 31.0 Å². The molecule has 3 nitrogen and oxygen atoms in total. The fourth-order valence-electron chi connectivity index (χ4n) is 1.63. The third-order valence-electron chi connectivity index (χ3n) is 2.62. The zero-order chi connectivity index (χ0) is 13.7. The van der Waals surface area contributed by atoms with E-state index in [-0.39, 0.29) is 10.9 Å². The minimum absolute atomic E-state index is 0.199. The number of amides is 1. The molecular formula is C13H17ClN2OS. The Morgan fingerprint density at radius 3 is 2.72 bits per heavy atom. The lowest BCUT2D eigenvalue weighted by atomic mass is 10.0. The molecule has 0 aromatic heterocycles. The first-order valence-corrected chi connectivity index (χ1v) is 6.60. The highest BCUT2D eigenvalue weighted by molar-refractivity contribution is 7.80. The molecule has 0 aliphatic rings. The lowest BCUT2D eigenvalue weighted by Gasteiger charge is -2.15. The Kier molecular flexibility index (Phi) is 5.56. The van der Waals surface area contributed by atoms with Crippen molar-refractivity contribution in [3.8, 4) is 0 Å². The lowest BCUT2D eigenvalue weighted by Crippen LogP contribution is -2.33. The van der Waals surface area contributed by atoms with Gasteiger partial charge in [0, 0.05) is 0 Å². The summed E-state index contributed by atoms with van der Waals surface area (Å²) in [4.78, 5) is 12.3. The van der Waals surface area contributed by atoms with Crippen molar-refractivity contribution in [2.75, 3.05) is 5.32 Å². The van der Waals surface area contributed by atoms with Gasteiger partial charge in [0.2, 0.25) is 5.91 Å². The maximum atomic E-state index is 12.0. The van der Waals surface area contributed by atoms with Crippen LogP contribution in [0.2, 0.25) is 5.02 Å². The van der Waals surface area contributed by atoms with Crippen LogP contribution in [0.15, 0.2) is 18.2 Å². The molecular weight excluding hydrogens is 268 g/mol. The molecule has 0 fully saturated rings. The molecule has 0 bridgehead atoms. The highest BCUT2D eigenvalue weighted by atomic mass is 35.5. The van der Waals surface area contributed by atoms with Crippen LogP contribution in [0.5, 0.6) is 0 Å². The third-order valence-corrected chi connectivity index (χ3v) is 3.22. The second-order valence-electron chi connectivity index (χ2n) is 4.22. The van der Waals surface area contributed by atoms with Gasteiger partial charge in [0.15, 0.2) is 0 Å². The summed E-state index contributed by atoms with van der Waals surface area (Å²) in [5, 5.41) is 3.28. The van der Waals surface area contributed by atoms with E-state index in [9.17, 15) is 4.79 Å². The van der Waals surface area contributed by atoms with Crippen molar-refractivity contribution < 1.29 is 4.79 Å². The summed E-state index contributed by atoms with van der Waals surface area (Å²) >= 11 is 11.0. The van der Waals surface area contributed by atoms with E-state index in [2.05, 4.69) is 5.32 Å². The SMILES string of the molecule is CCCC(C(=O)Nc1ccc(C)cc1Cl)C(N)=S. The molecule has 3 N–H and O–H groups in total. The highest BCUT2D eigenvalue weighted by Crippen LogP contribution is 2.23. The van der Waals surface area contributed by atoms with Gasteiger partial charge in [-0.2, -0.15) is 0 Å². The number of halogens is 1. The molecule has 0 saturated carbocycles. The first-order valence-electron chi connectivity index (χ1n) is 5.82. The monoisotopic (exact) mass is 284 g/mol. The smallest absolute Gasteiger partial charge is 0.234 e. The van der Waals surface area contributed by atoms with Gasteiger partial charge in [-0.1, -0.05) is 43.2 Å². The first-order chi connectivity index (χ1) is 8.45. The second kappa shape index (κ2) is 6.71. The number of carbonyl (C=O) groups is 1. The van der Waals surface area contributed by atoms with Crippen LogP contribution < -0.4 is 11.1 Å². The van der Waals surface area contributed by atoms with Crippen molar-refractivity contribution in [3.05, 3.63) is 28.8 Å². The zero-order valence-electron chi connectivity index (χ0n) is 10.5. The van der Waals surface area contributed by atoms with Crippen molar-refractivity contribution in [2.24, 2.45) is 11.7 Å². The van der Waals surface area contributed by atoms with Gasteiger partial charge in [0.25, 0.3) is 0 Å². The fraction of sp³-hybridized carbons (Fsp3) is 0.385. The number of rotatable bonds is 5. The van der Waals surface area contributed by atoms with Crippen LogP contribution in [-0.4, -0.2) is 10.9 Å². The molecule has 1 rings (SSSR count). The quantitative estimate of drug-likeness (QED) is 0.816. The Labute approximate surface area is 118 Å². The largest absolute Gasteiger partial charge is 0.393 e. The standard InChI is InChI=1S/C13H17ClN2OS/c1-3-4-9(12(15)18)13(17)16-11-6-5-8(2)7-10(11)14/h5-7,9H,3-4H2,1-2H3,(H2,15,18)(H,16,17). The number of anilines is 1. The summed E-state index contributed by atoms with van der Waals surface area (Å²) in [6.45, 7) is 3.92. The fourth-order valence-corrected chi connectivity index (χ4v) is 2.14. The van der Waals surface area contributed by atoms with Gasteiger partial charge >= 0.3 is 0 Å². The number of aryl methyl sites for hydroxylation is 1. The summed E-state index contributed by atoms with van der Waals surface area (Å²) in [6, 6.07) is 5.46. The molecule has 5 heteroatoms. The van der Waals surface area contributed by atoms with Gasteiger partial charge in [0.1, 0.15) is 0 Å². The topological polar surface area (TPSA) is 55.1 Å². The van der Waals surface area contributed by atoms with Crippen LogP contribution in [0.1, 0.15) is 25.3 Å². The molecule has 1 unspecified atom stereocenters. The summed E-state index contributed by atoms with van der Waals surface area (Å²) in [5.41, 5.74) is 7.20. The minimum atomic E-state index is -0.442.